The van der Waals surface area contributed by atoms with Crippen LogP contribution < -0.4 is 0 Å². The Bertz CT molecular complexity index is 356. The fourth-order valence-corrected chi connectivity index (χ4v) is 3.77. The minimum atomic E-state index is 0.255. The molecule has 0 radical (unpaired) electrons. The van der Waals surface area contributed by atoms with Crippen LogP contribution in [0.4, 0.5) is 0 Å². The highest BCUT2D eigenvalue weighted by atomic mass is 79.9. The smallest absolute Gasteiger partial charge is 0.0518 e. The molecule has 1 heterocycles. The number of alkyl halides is 1. The molecule has 0 saturated heterocycles. The highest BCUT2D eigenvalue weighted by Gasteiger charge is 2.10. The van der Waals surface area contributed by atoms with Gasteiger partial charge in [0.25, 0.3) is 0 Å². The van der Waals surface area contributed by atoms with Gasteiger partial charge in [-0.05, 0) is 41.3 Å². The molecule has 0 aliphatic heterocycles. The number of rotatable bonds is 2. The number of hydrogen-bond donors (Lipinski definition) is 0. The van der Waals surface area contributed by atoms with Crippen LogP contribution in [-0.2, 0) is 6.42 Å². The van der Waals surface area contributed by atoms with Gasteiger partial charge >= 0.3 is 0 Å². The average Bonchev–Trinajstić information content (AvgIpc) is 2.46. The van der Waals surface area contributed by atoms with Gasteiger partial charge in [-0.25, -0.2) is 0 Å². The lowest BCUT2D eigenvalue weighted by Gasteiger charge is -2.03. The van der Waals surface area contributed by atoms with Gasteiger partial charge < -0.3 is 0 Å². The maximum atomic E-state index is 6.21. The van der Waals surface area contributed by atoms with Crippen molar-refractivity contribution in [3.63, 3.8) is 0 Å². The van der Waals surface area contributed by atoms with Crippen molar-refractivity contribution in [1.82, 2.24) is 0 Å². The van der Waals surface area contributed by atoms with Gasteiger partial charge in [0.05, 0.1) is 5.38 Å². The van der Waals surface area contributed by atoms with Crippen molar-refractivity contribution in [3.05, 3.63) is 32.4 Å². The number of halogens is 2. The van der Waals surface area contributed by atoms with Crippen LogP contribution in [0.25, 0.3) is 0 Å². The zero-order valence-corrected chi connectivity index (χ0v) is 11.7. The predicted molar refractivity (Wildman–Crippen MR) is 71.9 cm³/mol. The molecule has 15 heavy (non-hydrogen) atoms. The van der Waals surface area contributed by atoms with Crippen molar-refractivity contribution in [2.75, 3.05) is 0 Å². The zero-order chi connectivity index (χ0) is 10.7. The second-order valence-corrected chi connectivity index (χ2v) is 6.47. The van der Waals surface area contributed by atoms with E-state index in [9.17, 15) is 0 Å². The summed E-state index contributed by atoms with van der Waals surface area (Å²) in [4.78, 5) is 1.43. The van der Waals surface area contributed by atoms with E-state index in [-0.39, 0.29) is 5.38 Å². The van der Waals surface area contributed by atoms with E-state index >= 15 is 0 Å². The summed E-state index contributed by atoms with van der Waals surface area (Å²) in [7, 11) is 0. The Labute approximate surface area is 108 Å². The van der Waals surface area contributed by atoms with Gasteiger partial charge in [-0.3, -0.25) is 0 Å². The lowest BCUT2D eigenvalue weighted by Crippen LogP contribution is -1.93. The monoisotopic (exact) mass is 304 g/mol. The minimum absolute atomic E-state index is 0.255. The van der Waals surface area contributed by atoms with Crippen molar-refractivity contribution >= 4 is 38.9 Å². The van der Waals surface area contributed by atoms with E-state index in [0.717, 1.165) is 12.8 Å². The van der Waals surface area contributed by atoms with Crippen LogP contribution >= 0.6 is 38.9 Å². The maximum Gasteiger partial charge on any atom is 0.0518 e. The first-order valence-electron chi connectivity index (χ1n) is 5.30. The molecule has 1 aliphatic carbocycles. The Hall–Kier alpha value is 0.210. The van der Waals surface area contributed by atoms with E-state index in [1.807, 2.05) is 11.3 Å². The summed E-state index contributed by atoms with van der Waals surface area (Å²) in [6, 6.07) is 2.21. The highest BCUT2D eigenvalue weighted by molar-refractivity contribution is 9.10. The molecule has 82 valence electrons. The number of thiophene rings is 1. The molecule has 2 rings (SSSR count). The lowest BCUT2D eigenvalue weighted by atomic mass is 10.1. The van der Waals surface area contributed by atoms with Gasteiger partial charge in [0.15, 0.2) is 0 Å². The quantitative estimate of drug-likeness (QED) is 0.523. The van der Waals surface area contributed by atoms with Crippen molar-refractivity contribution in [2.24, 2.45) is 0 Å². The molecular weight excluding hydrogens is 292 g/mol. The van der Waals surface area contributed by atoms with E-state index < -0.39 is 0 Å². The van der Waals surface area contributed by atoms with Crippen LogP contribution in [-0.4, -0.2) is 5.38 Å². The number of hydrogen-bond acceptors (Lipinski definition) is 1. The van der Waals surface area contributed by atoms with Crippen LogP contribution in [0.1, 0.15) is 30.6 Å². The van der Waals surface area contributed by atoms with Crippen LogP contribution in [0.3, 0.4) is 0 Å². The molecule has 0 spiro atoms. The largest absolute Gasteiger partial charge is 0.147 e. The van der Waals surface area contributed by atoms with Crippen molar-refractivity contribution in [3.8, 4) is 0 Å². The molecule has 0 saturated carbocycles. The molecule has 0 amide bonds. The molecule has 0 aromatic carbocycles. The molecule has 0 fully saturated rings. The van der Waals surface area contributed by atoms with Crippen LogP contribution in [0.5, 0.6) is 0 Å². The van der Waals surface area contributed by atoms with Gasteiger partial charge in [-0.1, -0.05) is 18.1 Å². The number of allylic oxidation sites excluding steroid dienone is 2. The maximum absolute atomic E-state index is 6.21. The van der Waals surface area contributed by atoms with Crippen molar-refractivity contribution in [2.45, 2.75) is 37.5 Å². The van der Waals surface area contributed by atoms with Crippen molar-refractivity contribution in [1.29, 1.82) is 0 Å². The summed E-state index contributed by atoms with van der Waals surface area (Å²) in [5.74, 6) is 0. The first-order valence-corrected chi connectivity index (χ1v) is 7.41. The summed E-state index contributed by atoms with van der Waals surface area (Å²) in [6.07, 6.45) is 8.27. The van der Waals surface area contributed by atoms with Gasteiger partial charge in [-0.15, -0.1) is 22.9 Å². The van der Waals surface area contributed by atoms with Crippen LogP contribution in [0.2, 0.25) is 0 Å². The van der Waals surface area contributed by atoms with E-state index in [1.165, 1.54) is 34.2 Å². The Balaban J connectivity index is 2.04. The van der Waals surface area contributed by atoms with Gasteiger partial charge in [0.1, 0.15) is 0 Å². The molecule has 0 N–H and O–H groups in total. The van der Waals surface area contributed by atoms with Gasteiger partial charge in [-0.2, -0.15) is 0 Å². The van der Waals surface area contributed by atoms with E-state index in [1.54, 1.807) is 0 Å². The summed E-state index contributed by atoms with van der Waals surface area (Å²) >= 11 is 11.5. The Morgan fingerprint density at radius 2 is 2.33 bits per heavy atom. The second kappa shape index (κ2) is 5.51. The van der Waals surface area contributed by atoms with E-state index in [2.05, 4.69) is 33.5 Å². The molecule has 1 aromatic heterocycles. The summed E-state index contributed by atoms with van der Waals surface area (Å²) < 4.78 is 1.19. The summed E-state index contributed by atoms with van der Waals surface area (Å²) in [5.41, 5.74) is 1.52. The van der Waals surface area contributed by atoms with Crippen molar-refractivity contribution < 1.29 is 0 Å². The first-order chi connectivity index (χ1) is 7.24. The fourth-order valence-electron chi connectivity index (χ4n) is 1.93. The zero-order valence-electron chi connectivity index (χ0n) is 8.51. The molecule has 1 aromatic rings. The molecular formula is C12H14BrClS. The lowest BCUT2D eigenvalue weighted by molar-refractivity contribution is 0.710. The van der Waals surface area contributed by atoms with E-state index in [4.69, 9.17) is 11.6 Å². The first kappa shape index (κ1) is 11.7. The Morgan fingerprint density at radius 3 is 3.07 bits per heavy atom. The molecule has 1 atom stereocenters. The predicted octanol–water partition coefficient (Wildman–Crippen LogP) is 5.16. The summed E-state index contributed by atoms with van der Waals surface area (Å²) in [5, 5.41) is 2.40. The minimum Gasteiger partial charge on any atom is -0.147 e. The third kappa shape index (κ3) is 3.61. The normalized spacial score (nSPS) is 22.3. The Morgan fingerprint density at radius 1 is 1.47 bits per heavy atom. The van der Waals surface area contributed by atoms with E-state index in [0.29, 0.717) is 0 Å². The fraction of sp³-hybridized carbons (Fsp3) is 0.500. The van der Waals surface area contributed by atoms with Gasteiger partial charge in [0.2, 0.25) is 0 Å². The average molecular weight is 306 g/mol. The SMILES string of the molecule is ClC1C=C(Cc2cc(Br)cs2)CCCC1. The van der Waals surface area contributed by atoms with Gasteiger partial charge in [0, 0.05) is 21.2 Å². The summed E-state index contributed by atoms with van der Waals surface area (Å²) in [6.45, 7) is 0. The molecule has 0 bridgehead atoms. The molecule has 0 nitrogen and oxygen atoms in total. The second-order valence-electron chi connectivity index (χ2n) is 3.99. The third-order valence-electron chi connectivity index (χ3n) is 2.67. The standard InChI is InChI=1S/C12H14BrClS/c13-10-7-12(15-8-10)6-9-3-1-2-4-11(14)5-9/h5,7-8,11H,1-4,6H2. The molecule has 1 unspecified atom stereocenters. The van der Waals surface area contributed by atoms with Crippen LogP contribution in [0, 0.1) is 0 Å². The molecule has 3 heteroatoms. The third-order valence-corrected chi connectivity index (χ3v) is 4.71. The Kier molecular flexibility index (Phi) is 4.30. The topological polar surface area (TPSA) is 0 Å². The molecule has 1 aliphatic rings. The van der Waals surface area contributed by atoms with Crippen LogP contribution in [0.15, 0.2) is 27.6 Å². The highest BCUT2D eigenvalue weighted by Crippen LogP contribution is 2.27.